The molecule has 1 amide bonds. The Morgan fingerprint density at radius 3 is 2.52 bits per heavy atom. The van der Waals surface area contributed by atoms with Crippen molar-refractivity contribution >= 4 is 11.6 Å². The molecule has 0 bridgehead atoms. The van der Waals surface area contributed by atoms with Gasteiger partial charge in [0.15, 0.2) is 5.69 Å². The monoisotopic (exact) mass is 363 g/mol. The van der Waals surface area contributed by atoms with Crippen LogP contribution < -0.4 is 10.3 Å². The van der Waals surface area contributed by atoms with E-state index in [4.69, 9.17) is 0 Å². The quantitative estimate of drug-likeness (QED) is 0.702. The van der Waals surface area contributed by atoms with Gasteiger partial charge in [-0.05, 0) is 44.0 Å². The van der Waals surface area contributed by atoms with Crippen LogP contribution in [0.1, 0.15) is 28.7 Å². The van der Waals surface area contributed by atoms with Crippen molar-refractivity contribution in [2.75, 3.05) is 4.90 Å². The summed E-state index contributed by atoms with van der Waals surface area (Å²) in [5.74, 6) is -0.947. The van der Waals surface area contributed by atoms with Crippen molar-refractivity contribution in [1.82, 2.24) is 9.78 Å². The Bertz CT molecular complexity index is 1110. The van der Waals surface area contributed by atoms with Gasteiger partial charge in [0, 0.05) is 23.5 Å². The van der Waals surface area contributed by atoms with E-state index in [-0.39, 0.29) is 17.4 Å². The summed E-state index contributed by atoms with van der Waals surface area (Å²) in [6.45, 7) is 3.59. The molecule has 1 atom stereocenters. The predicted octanol–water partition coefficient (Wildman–Crippen LogP) is 3.27. The largest absolute Gasteiger partial charge is 0.303 e. The van der Waals surface area contributed by atoms with Crippen molar-refractivity contribution in [2.45, 2.75) is 26.3 Å². The van der Waals surface area contributed by atoms with Crippen LogP contribution in [0, 0.1) is 12.7 Å². The highest BCUT2D eigenvalue weighted by molar-refractivity contribution is 6.06. The van der Waals surface area contributed by atoms with Gasteiger partial charge in [0.1, 0.15) is 11.5 Å². The second kappa shape index (κ2) is 6.46. The Kier molecular flexibility index (Phi) is 4.11. The molecule has 27 heavy (non-hydrogen) atoms. The zero-order valence-electron chi connectivity index (χ0n) is 15.0. The number of aromatic nitrogens is 2. The average Bonchev–Trinajstić information content (AvgIpc) is 2.98. The maximum atomic E-state index is 14.2. The van der Waals surface area contributed by atoms with Gasteiger partial charge in [-0.1, -0.05) is 30.3 Å². The lowest BCUT2D eigenvalue weighted by atomic mass is 10.1. The molecule has 0 radical (unpaired) electrons. The molecule has 5 nitrogen and oxygen atoms in total. The van der Waals surface area contributed by atoms with E-state index in [1.165, 1.54) is 16.8 Å². The Balaban J connectivity index is 1.83. The number of hydrogen-bond acceptors (Lipinski definition) is 3. The van der Waals surface area contributed by atoms with Gasteiger partial charge < -0.3 is 4.90 Å². The van der Waals surface area contributed by atoms with Gasteiger partial charge in [0.2, 0.25) is 5.43 Å². The van der Waals surface area contributed by atoms with Crippen LogP contribution in [0.4, 0.5) is 10.1 Å². The standard InChI is InChI=1S/C21H18FN3O2/c1-13-11-15-7-3-5-9-17(15)24(13)21(27)20-19(26)12-14(2)25(23-20)18-10-6-4-8-16(18)22/h3-10,12-13H,11H2,1-2H3. The zero-order chi connectivity index (χ0) is 19.1. The molecule has 3 aromatic rings. The third kappa shape index (κ3) is 2.83. The lowest BCUT2D eigenvalue weighted by molar-refractivity contribution is 0.0973. The van der Waals surface area contributed by atoms with E-state index < -0.39 is 17.2 Å². The van der Waals surface area contributed by atoms with Gasteiger partial charge in [0.25, 0.3) is 5.91 Å². The summed E-state index contributed by atoms with van der Waals surface area (Å²) >= 11 is 0. The third-order valence-corrected chi connectivity index (χ3v) is 4.82. The van der Waals surface area contributed by atoms with E-state index in [9.17, 15) is 14.0 Å². The summed E-state index contributed by atoms with van der Waals surface area (Å²) in [6.07, 6.45) is 0.718. The number of rotatable bonds is 2. The Labute approximate surface area is 155 Å². The minimum Gasteiger partial charge on any atom is -0.303 e. The first kappa shape index (κ1) is 17.1. The summed E-state index contributed by atoms with van der Waals surface area (Å²) in [4.78, 5) is 27.3. The molecule has 2 aromatic carbocycles. The summed E-state index contributed by atoms with van der Waals surface area (Å²) < 4.78 is 15.5. The van der Waals surface area contributed by atoms with Crippen LogP contribution in [0.15, 0.2) is 59.4 Å². The molecule has 0 spiro atoms. The molecule has 1 aliphatic heterocycles. The summed E-state index contributed by atoms with van der Waals surface area (Å²) in [5.41, 5.74) is 1.80. The number of anilines is 1. The van der Waals surface area contributed by atoms with Crippen molar-refractivity contribution in [3.8, 4) is 5.69 Å². The number of amides is 1. The van der Waals surface area contributed by atoms with Gasteiger partial charge in [0.05, 0.1) is 0 Å². The fourth-order valence-corrected chi connectivity index (χ4v) is 3.55. The van der Waals surface area contributed by atoms with Crippen molar-refractivity contribution in [3.05, 3.63) is 87.6 Å². The normalized spacial score (nSPS) is 15.7. The minimum absolute atomic E-state index is 0.0840. The number of carbonyl (C=O) groups excluding carboxylic acids is 1. The van der Waals surface area contributed by atoms with Gasteiger partial charge in [-0.25, -0.2) is 9.07 Å². The molecular formula is C21H18FN3O2. The molecule has 0 saturated heterocycles. The SMILES string of the molecule is Cc1cc(=O)c(C(=O)N2c3ccccc3CC2C)nn1-c1ccccc1F. The molecule has 136 valence electrons. The lowest BCUT2D eigenvalue weighted by Crippen LogP contribution is -2.39. The van der Waals surface area contributed by atoms with Gasteiger partial charge >= 0.3 is 0 Å². The van der Waals surface area contributed by atoms with Crippen LogP contribution >= 0.6 is 0 Å². The van der Waals surface area contributed by atoms with E-state index in [0.29, 0.717) is 5.69 Å². The van der Waals surface area contributed by atoms with Gasteiger partial charge in [-0.15, -0.1) is 0 Å². The number of fused-ring (bicyclic) bond motifs is 1. The molecule has 0 fully saturated rings. The third-order valence-electron chi connectivity index (χ3n) is 4.82. The molecule has 2 heterocycles. The topological polar surface area (TPSA) is 55.2 Å². The Morgan fingerprint density at radius 2 is 1.78 bits per heavy atom. The van der Waals surface area contributed by atoms with Crippen molar-refractivity contribution < 1.29 is 9.18 Å². The second-order valence-electron chi connectivity index (χ2n) is 6.72. The number of nitrogens with zero attached hydrogens (tertiary/aromatic N) is 3. The molecular weight excluding hydrogens is 345 g/mol. The highest BCUT2D eigenvalue weighted by atomic mass is 19.1. The number of hydrogen-bond donors (Lipinski definition) is 0. The van der Waals surface area contributed by atoms with Crippen molar-refractivity contribution in [2.24, 2.45) is 0 Å². The highest BCUT2D eigenvalue weighted by Crippen LogP contribution is 2.32. The van der Waals surface area contributed by atoms with Crippen molar-refractivity contribution in [1.29, 1.82) is 0 Å². The zero-order valence-corrected chi connectivity index (χ0v) is 15.0. The lowest BCUT2D eigenvalue weighted by Gasteiger charge is -2.22. The van der Waals surface area contributed by atoms with Gasteiger partial charge in [-0.3, -0.25) is 9.59 Å². The molecule has 4 rings (SSSR count). The van der Waals surface area contributed by atoms with E-state index in [2.05, 4.69) is 5.10 Å². The van der Waals surface area contributed by atoms with Crippen LogP contribution in [0.3, 0.4) is 0 Å². The molecule has 6 heteroatoms. The summed E-state index contributed by atoms with van der Waals surface area (Å²) in [5, 5.41) is 4.23. The van der Waals surface area contributed by atoms with E-state index >= 15 is 0 Å². The molecule has 1 unspecified atom stereocenters. The molecule has 1 aromatic heterocycles. The Hall–Kier alpha value is -3.28. The number of halogens is 1. The smallest absolute Gasteiger partial charge is 0.283 e. The second-order valence-corrected chi connectivity index (χ2v) is 6.72. The first-order valence-electron chi connectivity index (χ1n) is 8.74. The fourth-order valence-electron chi connectivity index (χ4n) is 3.55. The summed E-state index contributed by atoms with van der Waals surface area (Å²) in [6, 6.07) is 15.0. The molecule has 0 N–H and O–H groups in total. The number of carbonyl (C=O) groups is 1. The maximum Gasteiger partial charge on any atom is 0.283 e. The van der Waals surface area contributed by atoms with Crippen molar-refractivity contribution in [3.63, 3.8) is 0 Å². The van der Waals surface area contributed by atoms with E-state index in [0.717, 1.165) is 17.7 Å². The van der Waals surface area contributed by atoms with Crippen LogP contribution in [-0.4, -0.2) is 21.7 Å². The number of benzene rings is 2. The number of para-hydroxylation sites is 2. The Morgan fingerprint density at radius 1 is 1.11 bits per heavy atom. The van der Waals surface area contributed by atoms with Gasteiger partial charge in [-0.2, -0.15) is 5.10 Å². The van der Waals surface area contributed by atoms with Crippen LogP contribution in [0.2, 0.25) is 0 Å². The van der Waals surface area contributed by atoms with Crippen LogP contribution in [-0.2, 0) is 6.42 Å². The first-order chi connectivity index (χ1) is 13.0. The fraction of sp³-hybridized carbons (Fsp3) is 0.190. The first-order valence-corrected chi connectivity index (χ1v) is 8.74. The van der Waals surface area contributed by atoms with Crippen LogP contribution in [0.25, 0.3) is 5.69 Å². The molecule has 0 aliphatic carbocycles. The van der Waals surface area contributed by atoms with E-state index in [1.807, 2.05) is 31.2 Å². The number of aryl methyl sites for hydroxylation is 1. The minimum atomic E-state index is -0.477. The summed E-state index contributed by atoms with van der Waals surface area (Å²) in [7, 11) is 0. The maximum absolute atomic E-state index is 14.2. The predicted molar refractivity (Wildman–Crippen MR) is 101 cm³/mol. The van der Waals surface area contributed by atoms with Crippen LogP contribution in [0.5, 0.6) is 0 Å². The molecule has 0 saturated carbocycles. The molecule has 1 aliphatic rings. The average molecular weight is 363 g/mol. The van der Waals surface area contributed by atoms with E-state index in [1.54, 1.807) is 30.0 Å². The highest BCUT2D eigenvalue weighted by Gasteiger charge is 2.33.